The maximum atomic E-state index is 13.3. The van der Waals surface area contributed by atoms with Crippen LogP contribution in [0.15, 0.2) is 24.7 Å². The second-order valence-corrected chi connectivity index (χ2v) is 10.9. The highest BCUT2D eigenvalue weighted by atomic mass is 16.7. The molecule has 2 aromatic heterocycles. The van der Waals surface area contributed by atoms with E-state index in [4.69, 9.17) is 14.2 Å². The van der Waals surface area contributed by atoms with Crippen LogP contribution in [0.5, 0.6) is 17.2 Å². The highest BCUT2D eigenvalue weighted by Gasteiger charge is 2.32. The highest BCUT2D eigenvalue weighted by Crippen LogP contribution is 2.48. The van der Waals surface area contributed by atoms with Crippen molar-refractivity contribution in [3.05, 3.63) is 30.2 Å². The topological polar surface area (TPSA) is 127 Å². The first-order valence-corrected chi connectivity index (χ1v) is 13.6. The minimum Gasteiger partial charge on any atom is -0.492 e. The Morgan fingerprint density at radius 3 is 2.55 bits per heavy atom. The first-order valence-electron chi connectivity index (χ1n) is 13.6. The maximum Gasteiger partial charge on any atom is 0.255 e. The van der Waals surface area contributed by atoms with Gasteiger partial charge in [0, 0.05) is 24.2 Å². The van der Waals surface area contributed by atoms with Gasteiger partial charge >= 0.3 is 0 Å². The SMILES string of the molecule is O=C(NC1CCC(C(=O)NC2CC2)CC1)c1c[nH]c2c(-c3c(OCC4CC4)ccc4c3OCO4)ncnc12. The number of carbonyl (C=O) groups is 2. The minimum atomic E-state index is -0.185. The van der Waals surface area contributed by atoms with Crippen molar-refractivity contribution in [3.63, 3.8) is 0 Å². The number of amides is 2. The third-order valence-electron chi connectivity index (χ3n) is 7.97. The van der Waals surface area contributed by atoms with Gasteiger partial charge in [-0.2, -0.15) is 0 Å². The molecule has 3 aromatic rings. The molecule has 198 valence electrons. The van der Waals surface area contributed by atoms with Crippen LogP contribution >= 0.6 is 0 Å². The molecule has 10 nitrogen and oxygen atoms in total. The van der Waals surface area contributed by atoms with E-state index in [0.717, 1.165) is 38.5 Å². The second kappa shape index (κ2) is 9.49. The van der Waals surface area contributed by atoms with Crippen LogP contribution in [-0.2, 0) is 4.79 Å². The number of nitrogens with one attached hydrogen (secondary N) is 3. The Morgan fingerprint density at radius 1 is 0.974 bits per heavy atom. The fraction of sp³-hybridized carbons (Fsp3) is 0.500. The lowest BCUT2D eigenvalue weighted by Gasteiger charge is -2.28. The molecule has 3 saturated carbocycles. The van der Waals surface area contributed by atoms with Gasteiger partial charge in [-0.15, -0.1) is 0 Å². The largest absolute Gasteiger partial charge is 0.492 e. The number of H-pyrrole nitrogens is 1. The molecule has 1 aliphatic heterocycles. The molecular formula is C28H31N5O5. The lowest BCUT2D eigenvalue weighted by atomic mass is 9.85. The van der Waals surface area contributed by atoms with E-state index < -0.39 is 0 Å². The van der Waals surface area contributed by atoms with Gasteiger partial charge in [-0.05, 0) is 69.4 Å². The second-order valence-electron chi connectivity index (χ2n) is 10.9. The van der Waals surface area contributed by atoms with Gasteiger partial charge in [-0.3, -0.25) is 9.59 Å². The van der Waals surface area contributed by atoms with Crippen molar-refractivity contribution >= 4 is 22.8 Å². The Labute approximate surface area is 219 Å². The first kappa shape index (κ1) is 23.3. The number of carbonyl (C=O) groups excluding carboxylic acids is 2. The van der Waals surface area contributed by atoms with Crippen LogP contribution in [0, 0.1) is 11.8 Å². The first-order chi connectivity index (χ1) is 18.6. The normalized spacial score (nSPS) is 22.3. The molecule has 0 spiro atoms. The Hall–Kier alpha value is -3.82. The summed E-state index contributed by atoms with van der Waals surface area (Å²) in [5.74, 6) is 2.50. The van der Waals surface area contributed by atoms with Gasteiger partial charge in [-0.1, -0.05) is 0 Å². The zero-order valence-electron chi connectivity index (χ0n) is 21.1. The monoisotopic (exact) mass is 517 g/mol. The number of hydrogen-bond acceptors (Lipinski definition) is 7. The zero-order chi connectivity index (χ0) is 25.6. The van der Waals surface area contributed by atoms with Crippen molar-refractivity contribution < 1.29 is 23.8 Å². The molecule has 38 heavy (non-hydrogen) atoms. The maximum absolute atomic E-state index is 13.3. The predicted octanol–water partition coefficient (Wildman–Crippen LogP) is 3.71. The van der Waals surface area contributed by atoms with Gasteiger partial charge in [0.05, 0.1) is 23.3 Å². The molecule has 3 fully saturated rings. The van der Waals surface area contributed by atoms with Gasteiger partial charge in [0.2, 0.25) is 12.7 Å². The summed E-state index contributed by atoms with van der Waals surface area (Å²) in [4.78, 5) is 37.9. The highest BCUT2D eigenvalue weighted by molar-refractivity contribution is 6.08. The van der Waals surface area contributed by atoms with Gasteiger partial charge in [0.25, 0.3) is 5.91 Å². The van der Waals surface area contributed by atoms with E-state index >= 15 is 0 Å². The molecule has 2 amide bonds. The number of fused-ring (bicyclic) bond motifs is 2. The van der Waals surface area contributed by atoms with E-state index in [0.29, 0.717) is 63.7 Å². The van der Waals surface area contributed by atoms with Crippen molar-refractivity contribution in [2.75, 3.05) is 13.4 Å². The number of rotatable bonds is 8. The van der Waals surface area contributed by atoms with Crippen LogP contribution < -0.4 is 24.8 Å². The third kappa shape index (κ3) is 4.52. The van der Waals surface area contributed by atoms with Gasteiger partial charge < -0.3 is 29.8 Å². The molecule has 0 bridgehead atoms. The Kier molecular flexibility index (Phi) is 5.82. The average Bonchev–Trinajstić information content (AvgIpc) is 3.84. The summed E-state index contributed by atoms with van der Waals surface area (Å²) in [6, 6.07) is 4.15. The third-order valence-corrected chi connectivity index (χ3v) is 7.97. The van der Waals surface area contributed by atoms with Crippen LogP contribution in [0.2, 0.25) is 0 Å². The van der Waals surface area contributed by atoms with E-state index in [2.05, 4.69) is 25.6 Å². The molecule has 7 rings (SSSR count). The van der Waals surface area contributed by atoms with Crippen molar-refractivity contribution in [2.45, 2.75) is 63.5 Å². The molecule has 10 heteroatoms. The molecule has 0 saturated heterocycles. The van der Waals surface area contributed by atoms with E-state index in [1.165, 1.54) is 19.2 Å². The standard InChI is InChI=1S/C28H31N5O5/c34-27(32-18-7-8-18)16-3-5-17(6-4-16)33-28(35)19-11-29-25-23(19)30-13-31-24(25)22-20(36-12-15-1-2-15)9-10-21-26(22)38-14-37-21/h9-11,13,15-18,29H,1-8,12,14H2,(H,32,34)(H,33,35). The summed E-state index contributed by atoms with van der Waals surface area (Å²) in [6.45, 7) is 0.773. The predicted molar refractivity (Wildman–Crippen MR) is 138 cm³/mol. The summed E-state index contributed by atoms with van der Waals surface area (Å²) >= 11 is 0. The van der Waals surface area contributed by atoms with Crippen LogP contribution in [0.4, 0.5) is 0 Å². The van der Waals surface area contributed by atoms with Crippen molar-refractivity contribution in [3.8, 4) is 28.5 Å². The average molecular weight is 518 g/mol. The lowest BCUT2D eigenvalue weighted by Crippen LogP contribution is -2.41. The molecule has 3 aliphatic carbocycles. The number of hydrogen-bond donors (Lipinski definition) is 3. The summed E-state index contributed by atoms with van der Waals surface area (Å²) in [7, 11) is 0. The molecule has 4 aliphatic rings. The van der Waals surface area contributed by atoms with E-state index in [1.807, 2.05) is 12.1 Å². The fourth-order valence-corrected chi connectivity index (χ4v) is 5.40. The van der Waals surface area contributed by atoms with E-state index in [9.17, 15) is 9.59 Å². The molecule has 0 radical (unpaired) electrons. The van der Waals surface area contributed by atoms with Crippen LogP contribution in [-0.4, -0.2) is 52.2 Å². The number of aromatic amines is 1. The van der Waals surface area contributed by atoms with Crippen molar-refractivity contribution in [2.24, 2.45) is 11.8 Å². The Morgan fingerprint density at radius 2 is 1.76 bits per heavy atom. The minimum absolute atomic E-state index is 0.0316. The Bertz CT molecular complexity index is 1390. The number of aromatic nitrogens is 3. The van der Waals surface area contributed by atoms with Gasteiger partial charge in [-0.25, -0.2) is 9.97 Å². The quantitative estimate of drug-likeness (QED) is 0.416. The van der Waals surface area contributed by atoms with E-state index in [-0.39, 0.29) is 30.6 Å². The fourth-order valence-electron chi connectivity index (χ4n) is 5.40. The van der Waals surface area contributed by atoms with Crippen LogP contribution in [0.3, 0.4) is 0 Å². The number of benzene rings is 1. The smallest absolute Gasteiger partial charge is 0.255 e. The molecule has 3 heterocycles. The molecular weight excluding hydrogens is 486 g/mol. The summed E-state index contributed by atoms with van der Waals surface area (Å²) < 4.78 is 17.6. The van der Waals surface area contributed by atoms with Crippen molar-refractivity contribution in [1.82, 2.24) is 25.6 Å². The molecule has 0 unspecified atom stereocenters. The van der Waals surface area contributed by atoms with Gasteiger partial charge in [0.1, 0.15) is 23.3 Å². The van der Waals surface area contributed by atoms with E-state index in [1.54, 1.807) is 6.20 Å². The number of nitrogens with zero attached hydrogens (tertiary/aromatic N) is 2. The summed E-state index contributed by atoms with van der Waals surface area (Å²) in [5, 5.41) is 6.26. The van der Waals surface area contributed by atoms with Gasteiger partial charge in [0.15, 0.2) is 11.5 Å². The Balaban J connectivity index is 1.11. The zero-order valence-corrected chi connectivity index (χ0v) is 21.1. The van der Waals surface area contributed by atoms with Crippen LogP contribution in [0.25, 0.3) is 22.3 Å². The van der Waals surface area contributed by atoms with Crippen molar-refractivity contribution in [1.29, 1.82) is 0 Å². The molecule has 0 atom stereocenters. The number of ether oxygens (including phenoxy) is 3. The summed E-state index contributed by atoms with van der Waals surface area (Å²) in [6.07, 6.45) is 10.8. The summed E-state index contributed by atoms with van der Waals surface area (Å²) in [5.41, 5.74) is 2.93. The molecule has 3 N–H and O–H groups in total. The molecule has 1 aromatic carbocycles. The van der Waals surface area contributed by atoms with Crippen LogP contribution in [0.1, 0.15) is 61.7 Å². The lowest BCUT2D eigenvalue weighted by molar-refractivity contribution is -0.126.